The van der Waals surface area contributed by atoms with Gasteiger partial charge in [0, 0.05) is 30.0 Å². The molecule has 1 saturated heterocycles. The molecule has 1 fully saturated rings. The average molecular weight is 227 g/mol. The van der Waals surface area contributed by atoms with Gasteiger partial charge in [0.15, 0.2) is 0 Å². The number of carboxylic acid groups (broad SMARTS) is 1. The van der Waals surface area contributed by atoms with E-state index in [2.05, 4.69) is 4.98 Å². The van der Waals surface area contributed by atoms with Crippen molar-refractivity contribution in [1.82, 2.24) is 4.98 Å². The molecule has 1 N–H and O–H groups in total. The van der Waals surface area contributed by atoms with E-state index in [1.54, 1.807) is 11.3 Å². The molecule has 2 rings (SSSR count). The van der Waals surface area contributed by atoms with Gasteiger partial charge in [-0.15, -0.1) is 11.3 Å². The molecule has 0 spiro atoms. The molecular formula is C10H13NO3S. The Kier molecular flexibility index (Phi) is 3.33. The van der Waals surface area contributed by atoms with Gasteiger partial charge in [0.2, 0.25) is 0 Å². The number of aromatic nitrogens is 1. The van der Waals surface area contributed by atoms with Crippen LogP contribution in [0.5, 0.6) is 0 Å². The van der Waals surface area contributed by atoms with Crippen molar-refractivity contribution in [3.63, 3.8) is 0 Å². The minimum atomic E-state index is -0.768. The Balaban J connectivity index is 1.94. The number of ether oxygens (including phenoxy) is 1. The van der Waals surface area contributed by atoms with Crippen LogP contribution in [0.1, 0.15) is 28.6 Å². The molecule has 15 heavy (non-hydrogen) atoms. The van der Waals surface area contributed by atoms with E-state index < -0.39 is 5.97 Å². The second-order valence-corrected chi connectivity index (χ2v) is 4.76. The topological polar surface area (TPSA) is 59.4 Å². The molecule has 1 aromatic rings. The first-order valence-electron chi connectivity index (χ1n) is 5.00. The second kappa shape index (κ2) is 4.72. The summed E-state index contributed by atoms with van der Waals surface area (Å²) in [5, 5.41) is 9.47. The van der Waals surface area contributed by atoms with Crippen LogP contribution >= 0.6 is 11.3 Å². The Morgan fingerprint density at radius 3 is 3.27 bits per heavy atom. The van der Waals surface area contributed by atoms with Gasteiger partial charge in [-0.3, -0.25) is 4.79 Å². The predicted octanol–water partition coefficient (Wildman–Crippen LogP) is 1.66. The summed E-state index contributed by atoms with van der Waals surface area (Å²) in [5.41, 5.74) is 0. The summed E-state index contributed by atoms with van der Waals surface area (Å²) in [6.07, 6.45) is 3.61. The van der Waals surface area contributed by atoms with Crippen LogP contribution in [0.25, 0.3) is 0 Å². The fourth-order valence-corrected chi connectivity index (χ4v) is 2.64. The van der Waals surface area contributed by atoms with Crippen molar-refractivity contribution in [1.29, 1.82) is 0 Å². The molecule has 5 heteroatoms. The zero-order valence-electron chi connectivity index (χ0n) is 8.31. The number of carboxylic acids is 1. The standard InChI is InChI=1S/C10H13NO3S/c12-10(13)2-1-9-11-5-8(15-9)7-3-4-14-6-7/h5,7H,1-4,6H2,(H,12,13). The van der Waals surface area contributed by atoms with Crippen molar-refractivity contribution in [2.75, 3.05) is 13.2 Å². The summed E-state index contributed by atoms with van der Waals surface area (Å²) in [6.45, 7) is 1.60. The summed E-state index contributed by atoms with van der Waals surface area (Å²) >= 11 is 1.62. The first-order chi connectivity index (χ1) is 7.25. The summed E-state index contributed by atoms with van der Waals surface area (Å²) < 4.78 is 5.30. The van der Waals surface area contributed by atoms with E-state index in [0.717, 1.165) is 24.6 Å². The van der Waals surface area contributed by atoms with Gasteiger partial charge in [-0.2, -0.15) is 0 Å². The van der Waals surface area contributed by atoms with Crippen LogP contribution in [-0.4, -0.2) is 29.3 Å². The maximum atomic E-state index is 10.4. The molecule has 0 aliphatic carbocycles. The average Bonchev–Trinajstić information content (AvgIpc) is 2.85. The lowest BCUT2D eigenvalue weighted by molar-refractivity contribution is -0.136. The highest BCUT2D eigenvalue weighted by Gasteiger charge is 2.20. The van der Waals surface area contributed by atoms with Crippen molar-refractivity contribution in [3.8, 4) is 0 Å². The summed E-state index contributed by atoms with van der Waals surface area (Å²) in [6, 6.07) is 0. The summed E-state index contributed by atoms with van der Waals surface area (Å²) in [4.78, 5) is 15.9. The van der Waals surface area contributed by atoms with Crippen LogP contribution in [0.2, 0.25) is 0 Å². The molecule has 1 unspecified atom stereocenters. The zero-order valence-corrected chi connectivity index (χ0v) is 9.13. The maximum absolute atomic E-state index is 10.4. The van der Waals surface area contributed by atoms with Gasteiger partial charge in [0.05, 0.1) is 18.0 Å². The van der Waals surface area contributed by atoms with Crippen molar-refractivity contribution in [2.24, 2.45) is 0 Å². The number of nitrogens with zero attached hydrogens (tertiary/aromatic N) is 1. The minimum absolute atomic E-state index is 0.161. The van der Waals surface area contributed by atoms with E-state index in [9.17, 15) is 4.79 Å². The quantitative estimate of drug-likeness (QED) is 0.850. The SMILES string of the molecule is O=C(O)CCc1ncc(C2CCOC2)s1. The Morgan fingerprint density at radius 1 is 1.73 bits per heavy atom. The first-order valence-corrected chi connectivity index (χ1v) is 5.81. The third kappa shape index (κ3) is 2.76. The van der Waals surface area contributed by atoms with Gasteiger partial charge >= 0.3 is 5.97 Å². The Labute approximate surface area is 91.9 Å². The molecule has 0 aromatic carbocycles. The van der Waals surface area contributed by atoms with Crippen molar-refractivity contribution < 1.29 is 14.6 Å². The summed E-state index contributed by atoms with van der Waals surface area (Å²) in [7, 11) is 0. The zero-order chi connectivity index (χ0) is 10.7. The first kappa shape index (κ1) is 10.6. The van der Waals surface area contributed by atoms with E-state index >= 15 is 0 Å². The molecule has 0 saturated carbocycles. The molecule has 0 bridgehead atoms. The number of aliphatic carboxylic acids is 1. The number of rotatable bonds is 4. The largest absolute Gasteiger partial charge is 0.481 e. The van der Waals surface area contributed by atoms with Crippen LogP contribution in [0.15, 0.2) is 6.20 Å². The normalized spacial score (nSPS) is 20.7. The lowest BCUT2D eigenvalue weighted by Gasteiger charge is -2.00. The van der Waals surface area contributed by atoms with Gasteiger partial charge in [0.1, 0.15) is 0 Å². The molecule has 1 aromatic heterocycles. The lowest BCUT2D eigenvalue weighted by Crippen LogP contribution is -1.96. The highest BCUT2D eigenvalue weighted by molar-refractivity contribution is 7.11. The van der Waals surface area contributed by atoms with Crippen molar-refractivity contribution in [3.05, 3.63) is 16.1 Å². The minimum Gasteiger partial charge on any atom is -0.481 e. The maximum Gasteiger partial charge on any atom is 0.303 e. The van der Waals surface area contributed by atoms with Crippen LogP contribution < -0.4 is 0 Å². The predicted molar refractivity (Wildman–Crippen MR) is 56.2 cm³/mol. The second-order valence-electron chi connectivity index (χ2n) is 3.61. The number of carbonyl (C=O) groups is 1. The number of hydrogen-bond acceptors (Lipinski definition) is 4. The third-order valence-corrected chi connectivity index (χ3v) is 3.68. The smallest absolute Gasteiger partial charge is 0.303 e. The molecule has 1 aliphatic heterocycles. The van der Waals surface area contributed by atoms with Crippen molar-refractivity contribution in [2.45, 2.75) is 25.2 Å². The van der Waals surface area contributed by atoms with Gasteiger partial charge in [-0.25, -0.2) is 4.98 Å². The van der Waals surface area contributed by atoms with Gasteiger partial charge in [-0.05, 0) is 6.42 Å². The van der Waals surface area contributed by atoms with Crippen LogP contribution in [0, 0.1) is 0 Å². The fraction of sp³-hybridized carbons (Fsp3) is 0.600. The van der Waals surface area contributed by atoms with Gasteiger partial charge < -0.3 is 9.84 Å². The van der Waals surface area contributed by atoms with E-state index in [0.29, 0.717) is 12.3 Å². The van der Waals surface area contributed by atoms with Crippen LogP contribution in [0.3, 0.4) is 0 Å². The van der Waals surface area contributed by atoms with E-state index in [1.165, 1.54) is 4.88 Å². The highest BCUT2D eigenvalue weighted by atomic mass is 32.1. The van der Waals surface area contributed by atoms with Gasteiger partial charge in [-0.1, -0.05) is 0 Å². The lowest BCUT2D eigenvalue weighted by atomic mass is 10.1. The molecule has 0 amide bonds. The van der Waals surface area contributed by atoms with E-state index in [-0.39, 0.29) is 6.42 Å². The molecule has 82 valence electrons. The fourth-order valence-electron chi connectivity index (χ4n) is 1.60. The van der Waals surface area contributed by atoms with Gasteiger partial charge in [0.25, 0.3) is 0 Å². The molecule has 0 radical (unpaired) electrons. The monoisotopic (exact) mass is 227 g/mol. The Morgan fingerprint density at radius 2 is 2.60 bits per heavy atom. The Hall–Kier alpha value is -0.940. The van der Waals surface area contributed by atoms with Crippen LogP contribution in [0.4, 0.5) is 0 Å². The van der Waals surface area contributed by atoms with Crippen molar-refractivity contribution >= 4 is 17.3 Å². The highest BCUT2D eigenvalue weighted by Crippen LogP contribution is 2.29. The molecule has 4 nitrogen and oxygen atoms in total. The number of hydrogen-bond donors (Lipinski definition) is 1. The molecular weight excluding hydrogens is 214 g/mol. The molecule has 1 aliphatic rings. The Bertz CT molecular complexity index is 344. The number of thiazole rings is 1. The molecule has 2 heterocycles. The number of aryl methyl sites for hydroxylation is 1. The van der Waals surface area contributed by atoms with E-state index in [1.807, 2.05) is 6.20 Å². The third-order valence-electron chi connectivity index (χ3n) is 2.46. The molecule has 1 atom stereocenters. The van der Waals surface area contributed by atoms with Crippen LogP contribution in [-0.2, 0) is 16.0 Å². The van der Waals surface area contributed by atoms with E-state index in [4.69, 9.17) is 9.84 Å². The summed E-state index contributed by atoms with van der Waals surface area (Å²) in [5.74, 6) is -0.294.